The van der Waals surface area contributed by atoms with Gasteiger partial charge in [-0.25, -0.2) is 8.42 Å². The first-order valence-electron chi connectivity index (χ1n) is 12.2. The molecule has 0 spiro atoms. The third kappa shape index (κ3) is 7.06. The number of sulfonamides is 1. The smallest absolute Gasteiger partial charge is 0.262 e. The minimum atomic E-state index is -3.69. The van der Waals surface area contributed by atoms with Crippen molar-refractivity contribution < 1.29 is 17.9 Å². The van der Waals surface area contributed by atoms with Crippen molar-refractivity contribution in [1.82, 2.24) is 4.72 Å². The monoisotopic (exact) mass is 483 g/mol. The van der Waals surface area contributed by atoms with Gasteiger partial charge in [-0.05, 0) is 86.9 Å². The van der Waals surface area contributed by atoms with E-state index in [9.17, 15) is 13.2 Å². The fourth-order valence-corrected chi connectivity index (χ4v) is 5.43. The van der Waals surface area contributed by atoms with Gasteiger partial charge in [-0.2, -0.15) is 0 Å². The van der Waals surface area contributed by atoms with E-state index in [4.69, 9.17) is 4.74 Å². The van der Waals surface area contributed by atoms with Gasteiger partial charge in [0.1, 0.15) is 11.6 Å². The topological polar surface area (TPSA) is 96.9 Å². The van der Waals surface area contributed by atoms with Crippen LogP contribution in [0.2, 0.25) is 0 Å². The molecule has 0 unspecified atom stereocenters. The van der Waals surface area contributed by atoms with E-state index in [1.807, 2.05) is 24.3 Å². The van der Waals surface area contributed by atoms with Gasteiger partial charge >= 0.3 is 0 Å². The van der Waals surface area contributed by atoms with Crippen molar-refractivity contribution in [2.24, 2.45) is 4.99 Å². The second kappa shape index (κ2) is 11.5. The SMILES string of the molecule is O=C(CCc1cccc(OC2CCCC2)c1)Nc1ccc(S(=O)(=O)NC2=NCCCCC2)cc1. The van der Waals surface area contributed by atoms with Crippen molar-refractivity contribution in [3.8, 4) is 5.75 Å². The van der Waals surface area contributed by atoms with E-state index in [1.165, 1.54) is 25.0 Å². The van der Waals surface area contributed by atoms with Crippen LogP contribution in [0.5, 0.6) is 5.75 Å². The second-order valence-corrected chi connectivity index (χ2v) is 10.7. The standard InChI is InChI=1S/C26H33N3O4S/c30-26(17-12-20-7-6-10-23(19-20)33-22-8-3-4-9-22)28-21-13-15-24(16-14-21)34(31,32)29-25-11-2-1-5-18-27-25/h6-7,10,13-16,19,22H,1-5,8-9,11-12,17-18H2,(H,27,29)(H,28,30). The zero-order valence-electron chi connectivity index (χ0n) is 19.5. The summed E-state index contributed by atoms with van der Waals surface area (Å²) in [5.41, 5.74) is 1.62. The van der Waals surface area contributed by atoms with Crippen LogP contribution in [0.1, 0.15) is 63.4 Å². The fourth-order valence-electron chi connectivity index (χ4n) is 4.34. The number of rotatable bonds is 8. The number of hydrogen-bond donors (Lipinski definition) is 2. The third-order valence-electron chi connectivity index (χ3n) is 6.22. The molecule has 4 rings (SSSR count). The van der Waals surface area contributed by atoms with Crippen molar-refractivity contribution in [2.75, 3.05) is 11.9 Å². The fraction of sp³-hybridized carbons (Fsp3) is 0.462. The highest BCUT2D eigenvalue weighted by Crippen LogP contribution is 2.25. The van der Waals surface area contributed by atoms with Gasteiger partial charge in [-0.1, -0.05) is 18.6 Å². The maximum Gasteiger partial charge on any atom is 0.262 e. The maximum atomic E-state index is 12.7. The highest BCUT2D eigenvalue weighted by molar-refractivity contribution is 7.90. The molecular formula is C26H33N3O4S. The number of nitrogens with one attached hydrogen (secondary N) is 2. The molecule has 1 aliphatic heterocycles. The van der Waals surface area contributed by atoms with Crippen LogP contribution in [0.3, 0.4) is 0 Å². The summed E-state index contributed by atoms with van der Waals surface area (Å²) in [6.07, 6.45) is 9.53. The lowest BCUT2D eigenvalue weighted by molar-refractivity contribution is -0.116. The number of carbonyl (C=O) groups excluding carboxylic acids is 1. The van der Waals surface area contributed by atoms with E-state index in [0.717, 1.165) is 43.4 Å². The van der Waals surface area contributed by atoms with Crippen molar-refractivity contribution in [3.63, 3.8) is 0 Å². The molecule has 0 atom stereocenters. The van der Waals surface area contributed by atoms with E-state index >= 15 is 0 Å². The molecule has 0 aromatic heterocycles. The van der Waals surface area contributed by atoms with Crippen LogP contribution in [0.4, 0.5) is 5.69 Å². The van der Waals surface area contributed by atoms with Gasteiger partial charge < -0.3 is 10.1 Å². The Labute approximate surface area is 202 Å². The Hall–Kier alpha value is -2.87. The third-order valence-corrected chi connectivity index (χ3v) is 7.62. The first-order valence-corrected chi connectivity index (χ1v) is 13.7. The van der Waals surface area contributed by atoms with Crippen LogP contribution in [-0.2, 0) is 21.2 Å². The van der Waals surface area contributed by atoms with Crippen molar-refractivity contribution >= 4 is 27.5 Å². The Morgan fingerprint density at radius 2 is 1.79 bits per heavy atom. The Balaban J connectivity index is 1.27. The highest BCUT2D eigenvalue weighted by atomic mass is 32.2. The average molecular weight is 484 g/mol. The summed E-state index contributed by atoms with van der Waals surface area (Å²) in [6.45, 7) is 0.653. The lowest BCUT2D eigenvalue weighted by Crippen LogP contribution is -2.30. The van der Waals surface area contributed by atoms with Gasteiger partial charge in [0.2, 0.25) is 5.91 Å². The number of amides is 1. The zero-order valence-corrected chi connectivity index (χ0v) is 20.3. The largest absolute Gasteiger partial charge is 0.490 e. The van der Waals surface area contributed by atoms with Crippen LogP contribution in [0.25, 0.3) is 0 Å². The Morgan fingerprint density at radius 3 is 2.59 bits per heavy atom. The number of hydrogen-bond acceptors (Lipinski definition) is 5. The van der Waals surface area contributed by atoms with Gasteiger partial charge in [-0.15, -0.1) is 0 Å². The van der Waals surface area contributed by atoms with Crippen molar-refractivity contribution in [2.45, 2.75) is 75.2 Å². The molecule has 7 nitrogen and oxygen atoms in total. The summed E-state index contributed by atoms with van der Waals surface area (Å²) in [6, 6.07) is 14.2. The second-order valence-electron chi connectivity index (χ2n) is 8.99. The van der Waals surface area contributed by atoms with E-state index in [2.05, 4.69) is 15.0 Å². The molecule has 0 bridgehead atoms. The number of aliphatic imine (C=N–C) groups is 1. The van der Waals surface area contributed by atoms with Crippen molar-refractivity contribution in [3.05, 3.63) is 54.1 Å². The number of ether oxygens (including phenoxy) is 1. The molecule has 2 N–H and O–H groups in total. The predicted octanol–water partition coefficient (Wildman–Crippen LogP) is 4.83. The normalized spacial score (nSPS) is 17.0. The molecule has 0 radical (unpaired) electrons. The Bertz CT molecular complexity index is 1110. The lowest BCUT2D eigenvalue weighted by Gasteiger charge is -2.14. The van der Waals surface area contributed by atoms with E-state index < -0.39 is 10.0 Å². The van der Waals surface area contributed by atoms with Gasteiger partial charge in [-0.3, -0.25) is 14.5 Å². The molecule has 1 fully saturated rings. The van der Waals surface area contributed by atoms with Gasteiger partial charge in [0, 0.05) is 25.1 Å². The summed E-state index contributed by atoms with van der Waals surface area (Å²) in [5, 5.41) is 2.84. The molecule has 2 aromatic rings. The van der Waals surface area contributed by atoms with E-state index in [0.29, 0.717) is 43.4 Å². The number of carbonyl (C=O) groups is 1. The molecule has 8 heteroatoms. The molecule has 182 valence electrons. The Morgan fingerprint density at radius 1 is 1.00 bits per heavy atom. The van der Waals surface area contributed by atoms with Crippen LogP contribution in [0, 0.1) is 0 Å². The van der Waals surface area contributed by atoms with E-state index in [-0.39, 0.29) is 10.8 Å². The van der Waals surface area contributed by atoms with Crippen LogP contribution in [0.15, 0.2) is 58.4 Å². The first kappa shape index (κ1) is 24.3. The first-order chi connectivity index (χ1) is 16.5. The predicted molar refractivity (Wildman–Crippen MR) is 134 cm³/mol. The van der Waals surface area contributed by atoms with Gasteiger partial charge in [0.05, 0.1) is 11.0 Å². The van der Waals surface area contributed by atoms with Crippen LogP contribution >= 0.6 is 0 Å². The Kier molecular flexibility index (Phi) is 8.21. The average Bonchev–Trinajstić information content (AvgIpc) is 3.20. The zero-order chi connectivity index (χ0) is 23.8. The van der Waals surface area contributed by atoms with E-state index in [1.54, 1.807) is 12.1 Å². The molecule has 1 heterocycles. The maximum absolute atomic E-state index is 12.7. The van der Waals surface area contributed by atoms with Gasteiger partial charge in [0.25, 0.3) is 10.0 Å². The minimum Gasteiger partial charge on any atom is -0.490 e. The number of amidine groups is 1. The molecular weight excluding hydrogens is 450 g/mol. The summed E-state index contributed by atoms with van der Waals surface area (Å²) < 4.78 is 34.0. The molecule has 1 aliphatic carbocycles. The van der Waals surface area contributed by atoms with Crippen LogP contribution < -0.4 is 14.8 Å². The summed E-state index contributed by atoms with van der Waals surface area (Å²) >= 11 is 0. The molecule has 1 amide bonds. The molecule has 2 aliphatic rings. The lowest BCUT2D eigenvalue weighted by atomic mass is 10.1. The number of anilines is 1. The van der Waals surface area contributed by atoms with Crippen molar-refractivity contribution in [1.29, 1.82) is 0 Å². The number of nitrogens with zero attached hydrogens (tertiary/aromatic N) is 1. The number of aryl methyl sites for hydroxylation is 1. The summed E-state index contributed by atoms with van der Waals surface area (Å²) in [7, 11) is -3.69. The van der Waals surface area contributed by atoms with Crippen LogP contribution in [-0.4, -0.2) is 32.8 Å². The summed E-state index contributed by atoms with van der Waals surface area (Å²) in [4.78, 5) is 16.9. The minimum absolute atomic E-state index is 0.122. The highest BCUT2D eigenvalue weighted by Gasteiger charge is 2.18. The summed E-state index contributed by atoms with van der Waals surface area (Å²) in [5.74, 6) is 1.27. The number of benzene rings is 2. The molecule has 2 aromatic carbocycles. The molecule has 0 saturated heterocycles. The molecule has 1 saturated carbocycles. The molecule has 34 heavy (non-hydrogen) atoms. The van der Waals surface area contributed by atoms with Gasteiger partial charge in [0.15, 0.2) is 0 Å². The quantitative estimate of drug-likeness (QED) is 0.562.